The lowest BCUT2D eigenvalue weighted by atomic mass is 10.2. The lowest BCUT2D eigenvalue weighted by molar-refractivity contribution is -0.131. The van der Waals surface area contributed by atoms with Gasteiger partial charge in [0, 0.05) is 6.08 Å². The first-order valence-electron chi connectivity index (χ1n) is 3.66. The van der Waals surface area contributed by atoms with Gasteiger partial charge in [0.15, 0.2) is 0 Å². The van der Waals surface area contributed by atoms with E-state index < -0.39 is 5.97 Å². The fourth-order valence-electron chi connectivity index (χ4n) is 0.807. The second kappa shape index (κ2) is 4.73. The van der Waals surface area contributed by atoms with E-state index in [-0.39, 0.29) is 0 Å². The van der Waals surface area contributed by atoms with Gasteiger partial charge in [-0.1, -0.05) is 30.3 Å². The first kappa shape index (κ1) is 9.01. The molecule has 0 atom stereocenters. The van der Waals surface area contributed by atoms with E-state index in [9.17, 15) is 4.79 Å². The number of esters is 1. The number of carbonyl (C=O) groups is 1. The first-order chi connectivity index (χ1) is 6.33. The standard InChI is InChI=1S/C10H7NO2/c11-8-13-10(12)7-6-9-4-2-1-3-5-9/h1-7H/b7-6+. The van der Waals surface area contributed by atoms with Gasteiger partial charge in [0.2, 0.25) is 0 Å². The Morgan fingerprint density at radius 2 is 2.08 bits per heavy atom. The van der Waals surface area contributed by atoms with Crippen molar-refractivity contribution in [2.75, 3.05) is 0 Å². The highest BCUT2D eigenvalue weighted by atomic mass is 16.5. The third-order valence-corrected chi connectivity index (χ3v) is 1.36. The van der Waals surface area contributed by atoms with Crippen LogP contribution in [0.3, 0.4) is 0 Å². The third kappa shape index (κ3) is 3.21. The highest BCUT2D eigenvalue weighted by molar-refractivity contribution is 5.87. The molecule has 3 heteroatoms. The molecule has 0 aromatic heterocycles. The molecule has 0 N–H and O–H groups in total. The molecule has 0 heterocycles. The molecule has 0 spiro atoms. The predicted octanol–water partition coefficient (Wildman–Crippen LogP) is 1.72. The summed E-state index contributed by atoms with van der Waals surface area (Å²) in [7, 11) is 0. The van der Waals surface area contributed by atoms with Crippen molar-refractivity contribution in [3.63, 3.8) is 0 Å². The fraction of sp³-hybridized carbons (Fsp3) is 0. The number of nitriles is 1. The molecule has 3 nitrogen and oxygen atoms in total. The molecule has 0 amide bonds. The second-order valence-electron chi connectivity index (χ2n) is 2.26. The minimum Gasteiger partial charge on any atom is -0.347 e. The maximum Gasteiger partial charge on any atom is 0.346 e. The summed E-state index contributed by atoms with van der Waals surface area (Å²) in [4.78, 5) is 10.7. The SMILES string of the molecule is N#COC(=O)/C=C/c1ccccc1. The van der Waals surface area contributed by atoms with Gasteiger partial charge in [-0.15, -0.1) is 5.26 Å². The van der Waals surface area contributed by atoms with Crippen LogP contribution in [0.4, 0.5) is 0 Å². The Kier molecular flexibility index (Phi) is 3.28. The summed E-state index contributed by atoms with van der Waals surface area (Å²) in [5.74, 6) is -0.661. The van der Waals surface area contributed by atoms with E-state index in [0.29, 0.717) is 0 Å². The van der Waals surface area contributed by atoms with E-state index in [1.165, 1.54) is 12.3 Å². The molecule has 0 bridgehead atoms. The molecule has 1 rings (SSSR count). The minimum absolute atomic E-state index is 0.661. The van der Waals surface area contributed by atoms with Gasteiger partial charge >= 0.3 is 5.97 Å². The smallest absolute Gasteiger partial charge is 0.346 e. The lowest BCUT2D eigenvalue weighted by Gasteiger charge is -1.89. The molecule has 0 aliphatic heterocycles. The van der Waals surface area contributed by atoms with Crippen LogP contribution in [0, 0.1) is 11.5 Å². The van der Waals surface area contributed by atoms with Crippen molar-refractivity contribution in [3.05, 3.63) is 42.0 Å². The summed E-state index contributed by atoms with van der Waals surface area (Å²) < 4.78 is 4.04. The fourth-order valence-corrected chi connectivity index (χ4v) is 0.807. The van der Waals surface area contributed by atoms with Crippen LogP contribution >= 0.6 is 0 Å². The van der Waals surface area contributed by atoms with Gasteiger partial charge in [-0.05, 0) is 11.6 Å². The molecule has 0 fully saturated rings. The molecule has 13 heavy (non-hydrogen) atoms. The molecule has 0 saturated carbocycles. The molecule has 0 aliphatic rings. The van der Waals surface area contributed by atoms with E-state index in [2.05, 4.69) is 4.74 Å². The summed E-state index contributed by atoms with van der Waals surface area (Å²) in [6.07, 6.45) is 4.09. The molecule has 1 aromatic carbocycles. The van der Waals surface area contributed by atoms with E-state index >= 15 is 0 Å². The third-order valence-electron chi connectivity index (χ3n) is 1.36. The lowest BCUT2D eigenvalue weighted by Crippen LogP contribution is -1.92. The highest BCUT2D eigenvalue weighted by Gasteiger charge is 1.93. The van der Waals surface area contributed by atoms with Crippen molar-refractivity contribution in [3.8, 4) is 6.26 Å². The summed E-state index contributed by atoms with van der Waals surface area (Å²) >= 11 is 0. The van der Waals surface area contributed by atoms with E-state index in [0.717, 1.165) is 5.56 Å². The largest absolute Gasteiger partial charge is 0.347 e. The number of benzene rings is 1. The van der Waals surface area contributed by atoms with Gasteiger partial charge in [-0.2, -0.15) is 0 Å². The Bertz CT molecular complexity index is 349. The summed E-state index contributed by atoms with van der Waals surface area (Å²) in [5, 5.41) is 8.01. The number of carbonyl (C=O) groups excluding carboxylic acids is 1. The highest BCUT2D eigenvalue weighted by Crippen LogP contribution is 2.00. The average molecular weight is 173 g/mol. The van der Waals surface area contributed by atoms with Gasteiger partial charge in [0.1, 0.15) is 0 Å². The topological polar surface area (TPSA) is 50.1 Å². The maximum atomic E-state index is 10.7. The zero-order chi connectivity index (χ0) is 9.52. The van der Waals surface area contributed by atoms with Crippen LogP contribution in [0.2, 0.25) is 0 Å². The van der Waals surface area contributed by atoms with Crippen LogP contribution in [0.25, 0.3) is 6.08 Å². The van der Waals surface area contributed by atoms with Gasteiger partial charge < -0.3 is 4.74 Å². The maximum absolute atomic E-state index is 10.7. The molecule has 64 valence electrons. The van der Waals surface area contributed by atoms with Crippen molar-refractivity contribution in [2.24, 2.45) is 0 Å². The van der Waals surface area contributed by atoms with Crippen LogP contribution in [0.1, 0.15) is 5.56 Å². The van der Waals surface area contributed by atoms with Crippen LogP contribution < -0.4 is 0 Å². The molecular weight excluding hydrogens is 166 g/mol. The number of hydrogen-bond donors (Lipinski definition) is 0. The van der Waals surface area contributed by atoms with Gasteiger partial charge in [-0.25, -0.2) is 4.79 Å². The van der Waals surface area contributed by atoms with Crippen molar-refractivity contribution in [1.82, 2.24) is 0 Å². The first-order valence-corrected chi connectivity index (χ1v) is 3.66. The Hall–Kier alpha value is -2.08. The minimum atomic E-state index is -0.661. The van der Waals surface area contributed by atoms with Gasteiger partial charge in [0.25, 0.3) is 6.26 Å². The predicted molar refractivity (Wildman–Crippen MR) is 47.2 cm³/mol. The second-order valence-corrected chi connectivity index (χ2v) is 2.26. The molecular formula is C10H7NO2. The number of nitrogens with zero attached hydrogens (tertiary/aromatic N) is 1. The quantitative estimate of drug-likeness (QED) is 0.388. The summed E-state index contributed by atoms with van der Waals surface area (Å²) in [5.41, 5.74) is 0.886. The van der Waals surface area contributed by atoms with Crippen molar-refractivity contribution in [1.29, 1.82) is 5.26 Å². The Balaban J connectivity index is 2.60. The number of ether oxygens (including phenoxy) is 1. The Labute approximate surface area is 75.9 Å². The molecule has 1 aromatic rings. The number of hydrogen-bond acceptors (Lipinski definition) is 3. The zero-order valence-corrected chi connectivity index (χ0v) is 6.81. The van der Waals surface area contributed by atoms with Gasteiger partial charge in [-0.3, -0.25) is 0 Å². The van der Waals surface area contributed by atoms with Crippen molar-refractivity contribution in [2.45, 2.75) is 0 Å². The molecule has 0 saturated heterocycles. The van der Waals surface area contributed by atoms with Gasteiger partial charge in [0.05, 0.1) is 0 Å². The summed E-state index contributed by atoms with van der Waals surface area (Å²) in [6.45, 7) is 0. The monoisotopic (exact) mass is 173 g/mol. The Morgan fingerprint density at radius 3 is 2.69 bits per heavy atom. The zero-order valence-electron chi connectivity index (χ0n) is 6.81. The van der Waals surface area contributed by atoms with E-state index in [1.807, 2.05) is 30.3 Å². The Morgan fingerprint density at radius 1 is 1.38 bits per heavy atom. The van der Waals surface area contributed by atoms with Crippen LogP contribution in [0.5, 0.6) is 0 Å². The normalized spacial score (nSPS) is 9.46. The average Bonchev–Trinajstić information content (AvgIpc) is 2.17. The molecule has 0 radical (unpaired) electrons. The van der Waals surface area contributed by atoms with Crippen LogP contribution in [-0.2, 0) is 9.53 Å². The molecule has 0 aliphatic carbocycles. The number of rotatable bonds is 2. The summed E-state index contributed by atoms with van der Waals surface area (Å²) in [6, 6.07) is 9.28. The van der Waals surface area contributed by atoms with Crippen molar-refractivity contribution < 1.29 is 9.53 Å². The van der Waals surface area contributed by atoms with Crippen LogP contribution in [0.15, 0.2) is 36.4 Å². The van der Waals surface area contributed by atoms with E-state index in [4.69, 9.17) is 5.26 Å². The van der Waals surface area contributed by atoms with E-state index in [1.54, 1.807) is 6.08 Å². The molecule has 0 unspecified atom stereocenters. The van der Waals surface area contributed by atoms with Crippen molar-refractivity contribution >= 4 is 12.0 Å². The van der Waals surface area contributed by atoms with Crippen LogP contribution in [-0.4, -0.2) is 5.97 Å².